The molecular formula is C22H28BNO2. The van der Waals surface area contributed by atoms with E-state index in [1.807, 2.05) is 0 Å². The fourth-order valence-corrected chi connectivity index (χ4v) is 4.16. The maximum Gasteiger partial charge on any atom is 0.300 e. The minimum absolute atomic E-state index is 0.0689. The molecule has 2 radical (unpaired) electrons. The second kappa shape index (κ2) is 8.26. The van der Waals surface area contributed by atoms with Gasteiger partial charge in [0.05, 0.1) is 7.85 Å². The predicted octanol–water partition coefficient (Wildman–Crippen LogP) is 4.65. The molecule has 0 bridgehead atoms. The molecule has 1 atom stereocenters. The number of likely N-dealkylation sites (tertiary alicyclic amines) is 1. The normalized spacial score (nSPS) is 18.7. The number of carboxylic acids is 1. The Morgan fingerprint density at radius 1 is 1.19 bits per heavy atom. The number of nitrogens with zero attached hydrogens (tertiary/aromatic N) is 1. The molecule has 0 amide bonds. The SMILES string of the molecule is [B]C(CCCC)(C(=O)O)C1CCN(Cc2ccc3ccccc3c2)CC1. The highest BCUT2D eigenvalue weighted by Crippen LogP contribution is 2.43. The van der Waals surface area contributed by atoms with Crippen molar-refractivity contribution in [2.24, 2.45) is 5.92 Å². The zero-order valence-electron chi connectivity index (χ0n) is 15.7. The van der Waals surface area contributed by atoms with Crippen LogP contribution in [0.3, 0.4) is 0 Å². The van der Waals surface area contributed by atoms with E-state index < -0.39 is 11.3 Å². The number of hydrogen-bond acceptors (Lipinski definition) is 2. The monoisotopic (exact) mass is 349 g/mol. The fraction of sp³-hybridized carbons (Fsp3) is 0.500. The Morgan fingerprint density at radius 3 is 2.54 bits per heavy atom. The Kier molecular flexibility index (Phi) is 6.03. The van der Waals surface area contributed by atoms with Gasteiger partial charge in [0, 0.05) is 11.9 Å². The summed E-state index contributed by atoms with van der Waals surface area (Å²) < 4.78 is 0. The number of aliphatic carboxylic acids is 1. The number of fused-ring (bicyclic) bond motifs is 1. The summed E-state index contributed by atoms with van der Waals surface area (Å²) in [4.78, 5) is 14.2. The lowest BCUT2D eigenvalue weighted by molar-refractivity contribution is -0.143. The van der Waals surface area contributed by atoms with Crippen LogP contribution in [0.5, 0.6) is 0 Å². The molecule has 4 heteroatoms. The molecule has 1 heterocycles. The van der Waals surface area contributed by atoms with Crippen molar-refractivity contribution < 1.29 is 9.90 Å². The highest BCUT2D eigenvalue weighted by Gasteiger charge is 2.41. The minimum atomic E-state index is -1.06. The average molecular weight is 349 g/mol. The molecular weight excluding hydrogens is 321 g/mol. The molecule has 0 aliphatic carbocycles. The number of benzene rings is 2. The maximum absolute atomic E-state index is 11.8. The molecule has 1 unspecified atom stereocenters. The molecule has 0 aromatic heterocycles. The molecule has 1 saturated heterocycles. The third-order valence-corrected chi connectivity index (χ3v) is 5.88. The van der Waals surface area contributed by atoms with Crippen molar-refractivity contribution in [3.05, 3.63) is 48.0 Å². The van der Waals surface area contributed by atoms with E-state index in [0.717, 1.165) is 45.3 Å². The van der Waals surface area contributed by atoms with Crippen molar-refractivity contribution in [3.8, 4) is 0 Å². The summed E-state index contributed by atoms with van der Waals surface area (Å²) in [7, 11) is 6.34. The number of carbonyl (C=O) groups is 1. The molecule has 1 aliphatic heterocycles. The Labute approximate surface area is 157 Å². The Hall–Kier alpha value is -1.81. The molecule has 3 rings (SSSR count). The number of piperidine rings is 1. The number of hydrogen-bond donors (Lipinski definition) is 1. The third kappa shape index (κ3) is 4.12. The van der Waals surface area contributed by atoms with E-state index in [9.17, 15) is 9.90 Å². The highest BCUT2D eigenvalue weighted by molar-refractivity contribution is 6.27. The van der Waals surface area contributed by atoms with E-state index in [1.54, 1.807) is 0 Å². The van der Waals surface area contributed by atoms with E-state index in [-0.39, 0.29) is 5.92 Å². The fourth-order valence-electron chi connectivity index (χ4n) is 4.16. The number of rotatable bonds is 7. The largest absolute Gasteiger partial charge is 0.481 e. The van der Waals surface area contributed by atoms with E-state index in [4.69, 9.17) is 7.85 Å². The van der Waals surface area contributed by atoms with Gasteiger partial charge in [0.25, 0.3) is 0 Å². The van der Waals surface area contributed by atoms with Gasteiger partial charge in [-0.1, -0.05) is 56.2 Å². The van der Waals surface area contributed by atoms with Crippen LogP contribution in [0, 0.1) is 5.92 Å². The van der Waals surface area contributed by atoms with E-state index in [2.05, 4.69) is 54.3 Å². The lowest BCUT2D eigenvalue weighted by Crippen LogP contribution is -2.41. The zero-order chi connectivity index (χ0) is 18.6. The molecule has 1 fully saturated rings. The Bertz CT molecular complexity index is 755. The molecule has 26 heavy (non-hydrogen) atoms. The van der Waals surface area contributed by atoms with Crippen LogP contribution in [0.2, 0.25) is 5.31 Å². The summed E-state index contributed by atoms with van der Waals surface area (Å²) >= 11 is 0. The zero-order valence-corrected chi connectivity index (χ0v) is 15.7. The summed E-state index contributed by atoms with van der Waals surface area (Å²) in [5, 5.41) is 11.1. The van der Waals surface area contributed by atoms with Gasteiger partial charge in [0.2, 0.25) is 0 Å². The summed E-state index contributed by atoms with van der Waals surface area (Å²) in [6.45, 7) is 4.82. The quantitative estimate of drug-likeness (QED) is 0.740. The first kappa shape index (κ1) is 19.0. The number of carboxylic acid groups (broad SMARTS) is 1. The van der Waals surface area contributed by atoms with Gasteiger partial charge in [0.1, 0.15) is 0 Å². The first-order valence-electron chi connectivity index (χ1n) is 9.75. The van der Waals surface area contributed by atoms with Crippen LogP contribution >= 0.6 is 0 Å². The summed E-state index contributed by atoms with van der Waals surface area (Å²) in [5.74, 6) is -0.765. The van der Waals surface area contributed by atoms with Crippen molar-refractivity contribution in [3.63, 3.8) is 0 Å². The van der Waals surface area contributed by atoms with Crippen LogP contribution in [0.15, 0.2) is 42.5 Å². The summed E-state index contributed by atoms with van der Waals surface area (Å²) in [6, 6.07) is 15.0. The first-order valence-corrected chi connectivity index (χ1v) is 9.75. The molecule has 0 spiro atoms. The van der Waals surface area contributed by atoms with Gasteiger partial charge >= 0.3 is 5.97 Å². The second-order valence-corrected chi connectivity index (χ2v) is 7.68. The van der Waals surface area contributed by atoms with Crippen LogP contribution in [-0.4, -0.2) is 36.9 Å². The highest BCUT2D eigenvalue weighted by atomic mass is 16.4. The van der Waals surface area contributed by atoms with Crippen molar-refractivity contribution in [2.45, 2.75) is 50.9 Å². The van der Waals surface area contributed by atoms with Gasteiger partial charge in [-0.05, 0) is 60.7 Å². The average Bonchev–Trinajstić information content (AvgIpc) is 2.66. The van der Waals surface area contributed by atoms with Crippen molar-refractivity contribution in [1.29, 1.82) is 0 Å². The van der Waals surface area contributed by atoms with Crippen LogP contribution in [0.1, 0.15) is 44.6 Å². The van der Waals surface area contributed by atoms with Crippen molar-refractivity contribution in [2.75, 3.05) is 13.1 Å². The molecule has 1 aliphatic rings. The van der Waals surface area contributed by atoms with Gasteiger partial charge < -0.3 is 5.11 Å². The van der Waals surface area contributed by atoms with Crippen LogP contribution < -0.4 is 0 Å². The molecule has 136 valence electrons. The second-order valence-electron chi connectivity index (χ2n) is 7.68. The summed E-state index contributed by atoms with van der Waals surface area (Å²) in [6.07, 6.45) is 4.15. The molecule has 2 aromatic carbocycles. The van der Waals surface area contributed by atoms with Gasteiger partial charge in [-0.25, -0.2) is 0 Å². The molecule has 1 N–H and O–H groups in total. The third-order valence-electron chi connectivity index (χ3n) is 5.88. The molecule has 3 nitrogen and oxygen atoms in total. The van der Waals surface area contributed by atoms with Crippen molar-refractivity contribution >= 4 is 24.6 Å². The van der Waals surface area contributed by atoms with E-state index >= 15 is 0 Å². The smallest absolute Gasteiger partial charge is 0.300 e. The van der Waals surface area contributed by atoms with Crippen LogP contribution in [0.4, 0.5) is 0 Å². The van der Waals surface area contributed by atoms with Crippen LogP contribution in [0.25, 0.3) is 10.8 Å². The standard InChI is InChI=1S/C22H28BNO2/c1-2-3-12-22(23,21(25)26)20-10-13-24(14-11-20)16-17-8-9-18-6-4-5-7-19(18)15-17/h4-9,15,20H,2-3,10-14,16H2,1H3,(H,25,26). The Morgan fingerprint density at radius 2 is 1.88 bits per heavy atom. The van der Waals surface area contributed by atoms with Gasteiger partial charge in [-0.15, -0.1) is 0 Å². The van der Waals surface area contributed by atoms with E-state index in [0.29, 0.717) is 6.42 Å². The molecule has 2 aromatic rings. The maximum atomic E-state index is 11.8. The molecule has 0 saturated carbocycles. The lowest BCUT2D eigenvalue weighted by atomic mass is 9.56. The van der Waals surface area contributed by atoms with Gasteiger partial charge in [0.15, 0.2) is 0 Å². The summed E-state index contributed by atoms with van der Waals surface area (Å²) in [5.41, 5.74) is 1.31. The van der Waals surface area contributed by atoms with Crippen LogP contribution in [-0.2, 0) is 11.3 Å². The first-order chi connectivity index (χ1) is 12.5. The topological polar surface area (TPSA) is 40.5 Å². The van der Waals surface area contributed by atoms with E-state index in [1.165, 1.54) is 16.3 Å². The van der Waals surface area contributed by atoms with Gasteiger partial charge in [-0.3, -0.25) is 9.69 Å². The van der Waals surface area contributed by atoms with Crippen molar-refractivity contribution in [1.82, 2.24) is 4.90 Å². The van der Waals surface area contributed by atoms with Gasteiger partial charge in [-0.2, -0.15) is 0 Å². The minimum Gasteiger partial charge on any atom is -0.481 e. The predicted molar refractivity (Wildman–Crippen MR) is 108 cm³/mol. The number of unbranched alkanes of at least 4 members (excludes halogenated alkanes) is 1. The Balaban J connectivity index is 1.61. The lowest BCUT2D eigenvalue weighted by Gasteiger charge is -2.41.